The molecule has 37 heavy (non-hydrogen) atoms. The Labute approximate surface area is 222 Å². The molecule has 1 rings (SSSR count). The van der Waals surface area contributed by atoms with E-state index < -0.39 is 51.1 Å². The first-order chi connectivity index (χ1) is 17.2. The molecule has 0 radical (unpaired) electrons. The zero-order valence-corrected chi connectivity index (χ0v) is 24.3. The zero-order valence-electron chi connectivity index (χ0n) is 23.5. The maximum Gasteiger partial charge on any atom is 0.243 e. The molecule has 0 aromatic heterocycles. The van der Waals surface area contributed by atoms with Crippen LogP contribution in [0.25, 0.3) is 0 Å². The first-order valence-electron chi connectivity index (χ1n) is 13.5. The van der Waals surface area contributed by atoms with E-state index in [4.69, 9.17) is 4.74 Å². The molecular formula is C26H47N3O7S. The Bertz CT molecular complexity index is 883. The molecule has 11 heteroatoms. The van der Waals surface area contributed by atoms with E-state index in [-0.39, 0.29) is 35.7 Å². The third-order valence-corrected chi connectivity index (χ3v) is 8.57. The molecule has 3 amide bonds. The average Bonchev–Trinajstić information content (AvgIpc) is 3.64. The SMILES string of the molecule is CCCCCC(=O)N[C@H](C(=O)N[C@@H](CCS(=O)(=O)C(C)C)C(=O)N[C@@H](CC(C)C)C(=O)[C@@H]1CO1)C(C)C. The number of Topliss-reactive ketones (excluding diaryl/α,β-unsaturated/α-hetero) is 1. The van der Waals surface area contributed by atoms with Gasteiger partial charge in [0.05, 0.1) is 23.7 Å². The maximum absolute atomic E-state index is 13.3. The third-order valence-electron chi connectivity index (χ3n) is 6.33. The summed E-state index contributed by atoms with van der Waals surface area (Å²) in [7, 11) is -3.49. The summed E-state index contributed by atoms with van der Waals surface area (Å²) >= 11 is 0. The van der Waals surface area contributed by atoms with E-state index in [2.05, 4.69) is 16.0 Å². The summed E-state index contributed by atoms with van der Waals surface area (Å²) in [4.78, 5) is 51.6. The number of ketones is 1. The largest absolute Gasteiger partial charge is 0.365 e. The van der Waals surface area contributed by atoms with Crippen LogP contribution in [0.1, 0.15) is 87.0 Å². The van der Waals surface area contributed by atoms with E-state index in [1.807, 2.05) is 20.8 Å². The summed E-state index contributed by atoms with van der Waals surface area (Å²) in [5, 5.41) is 7.48. The van der Waals surface area contributed by atoms with Gasteiger partial charge in [0.15, 0.2) is 15.6 Å². The predicted molar refractivity (Wildman–Crippen MR) is 143 cm³/mol. The second-order valence-electron chi connectivity index (χ2n) is 10.9. The lowest BCUT2D eigenvalue weighted by atomic mass is 9.98. The molecule has 3 N–H and O–H groups in total. The van der Waals surface area contributed by atoms with Gasteiger partial charge in [0.2, 0.25) is 17.7 Å². The normalized spacial score (nSPS) is 17.8. The lowest BCUT2D eigenvalue weighted by Gasteiger charge is -2.27. The maximum atomic E-state index is 13.3. The van der Waals surface area contributed by atoms with Gasteiger partial charge in [-0.15, -0.1) is 0 Å². The minimum atomic E-state index is -3.49. The van der Waals surface area contributed by atoms with Crippen molar-refractivity contribution in [3.05, 3.63) is 0 Å². The van der Waals surface area contributed by atoms with E-state index >= 15 is 0 Å². The molecule has 0 spiro atoms. The van der Waals surface area contributed by atoms with Crippen molar-refractivity contribution >= 4 is 33.3 Å². The van der Waals surface area contributed by atoms with Crippen molar-refractivity contribution in [1.82, 2.24) is 16.0 Å². The quantitative estimate of drug-likeness (QED) is 0.176. The van der Waals surface area contributed by atoms with Gasteiger partial charge in [0.1, 0.15) is 18.2 Å². The van der Waals surface area contributed by atoms with E-state index in [1.165, 1.54) is 0 Å². The molecule has 1 aliphatic rings. The summed E-state index contributed by atoms with van der Waals surface area (Å²) in [5.74, 6) is -2.16. The number of epoxide rings is 1. The number of carbonyl (C=O) groups is 4. The van der Waals surface area contributed by atoms with Gasteiger partial charge < -0.3 is 20.7 Å². The molecule has 0 aliphatic carbocycles. The highest BCUT2D eigenvalue weighted by atomic mass is 32.2. The van der Waals surface area contributed by atoms with Gasteiger partial charge in [-0.05, 0) is 44.9 Å². The van der Waals surface area contributed by atoms with Crippen molar-refractivity contribution in [3.8, 4) is 0 Å². The highest BCUT2D eigenvalue weighted by Gasteiger charge is 2.38. The molecule has 1 aliphatic heterocycles. The number of nitrogens with one attached hydrogen (secondary N) is 3. The van der Waals surface area contributed by atoms with Crippen LogP contribution in [0, 0.1) is 11.8 Å². The minimum Gasteiger partial charge on any atom is -0.365 e. The summed E-state index contributed by atoms with van der Waals surface area (Å²) in [5.41, 5.74) is 0. The first-order valence-corrected chi connectivity index (χ1v) is 15.2. The molecular weight excluding hydrogens is 498 g/mol. The van der Waals surface area contributed by atoms with Gasteiger partial charge in [0, 0.05) is 6.42 Å². The van der Waals surface area contributed by atoms with Crippen molar-refractivity contribution in [2.24, 2.45) is 11.8 Å². The number of rotatable bonds is 18. The fourth-order valence-electron chi connectivity index (χ4n) is 3.79. The number of carbonyl (C=O) groups excluding carboxylic acids is 4. The Balaban J connectivity index is 3.06. The van der Waals surface area contributed by atoms with Gasteiger partial charge in [0.25, 0.3) is 0 Å². The predicted octanol–water partition coefficient (Wildman–Crippen LogP) is 1.90. The first kappa shape index (κ1) is 33.0. The van der Waals surface area contributed by atoms with E-state index in [1.54, 1.807) is 27.7 Å². The number of hydrogen-bond donors (Lipinski definition) is 3. The standard InChI is InChI=1S/C26H47N3O7S/c1-8-9-10-11-22(30)29-23(17(4)5)26(33)27-19(12-13-37(34,35)18(6)7)25(32)28-20(14-16(2)3)24(31)21-15-36-21/h16-21,23H,8-15H2,1-7H3,(H,27,33)(H,28,32)(H,29,30)/t19-,20-,21-,23-/m0/s1. The van der Waals surface area contributed by atoms with Crippen LogP contribution in [0.4, 0.5) is 0 Å². The Hall–Kier alpha value is -2.01. The van der Waals surface area contributed by atoms with Gasteiger partial charge in [-0.2, -0.15) is 0 Å². The lowest BCUT2D eigenvalue weighted by molar-refractivity contribution is -0.134. The number of unbranched alkanes of at least 4 members (excludes halogenated alkanes) is 2. The highest BCUT2D eigenvalue weighted by Crippen LogP contribution is 2.17. The van der Waals surface area contributed by atoms with Gasteiger partial charge >= 0.3 is 0 Å². The molecule has 4 atom stereocenters. The molecule has 0 aromatic rings. The van der Waals surface area contributed by atoms with Crippen LogP contribution in [0.2, 0.25) is 0 Å². The Morgan fingerprint density at radius 1 is 0.892 bits per heavy atom. The van der Waals surface area contributed by atoms with Gasteiger partial charge in [-0.25, -0.2) is 8.42 Å². The molecule has 1 heterocycles. The molecule has 1 saturated heterocycles. The summed E-state index contributed by atoms with van der Waals surface area (Å²) < 4.78 is 30.0. The van der Waals surface area contributed by atoms with Crippen LogP contribution in [-0.4, -0.2) is 73.8 Å². The van der Waals surface area contributed by atoms with Crippen LogP contribution in [0.15, 0.2) is 0 Å². The summed E-state index contributed by atoms with van der Waals surface area (Å²) in [6.07, 6.45) is 2.55. The van der Waals surface area contributed by atoms with Crippen molar-refractivity contribution in [1.29, 1.82) is 0 Å². The molecule has 1 fully saturated rings. The van der Waals surface area contributed by atoms with E-state index in [9.17, 15) is 27.6 Å². The van der Waals surface area contributed by atoms with Gasteiger partial charge in [-0.1, -0.05) is 47.5 Å². The van der Waals surface area contributed by atoms with Gasteiger partial charge in [-0.3, -0.25) is 19.2 Å². The smallest absolute Gasteiger partial charge is 0.243 e. The second-order valence-corrected chi connectivity index (χ2v) is 13.6. The van der Waals surface area contributed by atoms with Crippen LogP contribution < -0.4 is 16.0 Å². The summed E-state index contributed by atoms with van der Waals surface area (Å²) in [6, 6.07) is -2.89. The Morgan fingerprint density at radius 3 is 1.97 bits per heavy atom. The van der Waals surface area contributed by atoms with E-state index in [0.29, 0.717) is 25.9 Å². The molecule has 0 aromatic carbocycles. The van der Waals surface area contributed by atoms with Crippen LogP contribution in [0.5, 0.6) is 0 Å². The topological polar surface area (TPSA) is 151 Å². The van der Waals surface area contributed by atoms with E-state index in [0.717, 1.165) is 12.8 Å². The number of sulfone groups is 1. The third kappa shape index (κ3) is 11.9. The summed E-state index contributed by atoms with van der Waals surface area (Å²) in [6.45, 7) is 12.9. The van der Waals surface area contributed by atoms with Crippen molar-refractivity contribution < 1.29 is 32.3 Å². The van der Waals surface area contributed by atoms with Crippen LogP contribution in [0.3, 0.4) is 0 Å². The molecule has 0 unspecified atom stereocenters. The van der Waals surface area contributed by atoms with Crippen LogP contribution in [-0.2, 0) is 33.8 Å². The lowest BCUT2D eigenvalue weighted by Crippen LogP contribution is -2.57. The minimum absolute atomic E-state index is 0.107. The van der Waals surface area contributed by atoms with Crippen molar-refractivity contribution in [2.75, 3.05) is 12.4 Å². The highest BCUT2D eigenvalue weighted by molar-refractivity contribution is 7.91. The molecule has 0 bridgehead atoms. The number of hydrogen-bond acceptors (Lipinski definition) is 7. The Kier molecular flexibility index (Phi) is 13.8. The molecule has 214 valence electrons. The van der Waals surface area contributed by atoms with Crippen molar-refractivity contribution in [2.45, 2.75) is 116 Å². The molecule has 0 saturated carbocycles. The second kappa shape index (κ2) is 15.4. The van der Waals surface area contributed by atoms with Crippen molar-refractivity contribution in [3.63, 3.8) is 0 Å². The fourth-order valence-corrected chi connectivity index (χ4v) is 4.83. The van der Waals surface area contributed by atoms with Crippen LogP contribution >= 0.6 is 0 Å². The Morgan fingerprint density at radius 2 is 1.49 bits per heavy atom. The fraction of sp³-hybridized carbons (Fsp3) is 0.846. The monoisotopic (exact) mass is 545 g/mol. The number of amides is 3. The number of ether oxygens (including phenoxy) is 1. The average molecular weight is 546 g/mol. The zero-order chi connectivity index (χ0) is 28.3. The molecule has 10 nitrogen and oxygen atoms in total.